The molecule has 0 aromatic heterocycles. The lowest BCUT2D eigenvalue weighted by Crippen LogP contribution is -2.30. The minimum atomic E-state index is -0.760. The Morgan fingerprint density at radius 2 is 0.415 bits per heavy atom. The van der Waals surface area contributed by atoms with E-state index in [0.29, 0.717) is 19.3 Å². The van der Waals surface area contributed by atoms with Gasteiger partial charge in [-0.05, 0) is 19.3 Å². The van der Waals surface area contributed by atoms with E-state index in [9.17, 15) is 14.4 Å². The van der Waals surface area contributed by atoms with Gasteiger partial charge in [-0.3, -0.25) is 14.4 Å². The molecule has 0 aromatic carbocycles. The number of unbranched alkanes of at least 4 members (excludes halogenated alkanes) is 44. The van der Waals surface area contributed by atoms with Gasteiger partial charge in [0, 0.05) is 19.3 Å². The summed E-state index contributed by atoms with van der Waals surface area (Å²) in [6.07, 6.45) is 61.1. The minimum absolute atomic E-state index is 0.0613. The van der Waals surface area contributed by atoms with Gasteiger partial charge in [-0.25, -0.2) is 0 Å². The lowest BCUT2D eigenvalue weighted by molar-refractivity contribution is -0.167. The van der Waals surface area contributed by atoms with Gasteiger partial charge < -0.3 is 14.2 Å². The zero-order valence-electron chi connectivity index (χ0n) is 44.3. The molecular weight excluding hydrogens is 805 g/mol. The quantitative estimate of drug-likeness (QED) is 0.0344. The summed E-state index contributed by atoms with van der Waals surface area (Å²) in [6.45, 7) is 6.70. The van der Waals surface area contributed by atoms with Gasteiger partial charge in [0.15, 0.2) is 6.10 Å². The van der Waals surface area contributed by atoms with Crippen LogP contribution in [0.5, 0.6) is 0 Å². The Morgan fingerprint density at radius 1 is 0.246 bits per heavy atom. The van der Waals surface area contributed by atoms with E-state index in [2.05, 4.69) is 20.8 Å². The van der Waals surface area contributed by atoms with Crippen LogP contribution in [0.4, 0.5) is 0 Å². The van der Waals surface area contributed by atoms with E-state index in [0.717, 1.165) is 57.8 Å². The Labute approximate surface area is 406 Å². The Morgan fingerprint density at radius 3 is 0.615 bits per heavy atom. The van der Waals surface area contributed by atoms with Gasteiger partial charge in [-0.15, -0.1) is 0 Å². The van der Waals surface area contributed by atoms with Crippen LogP contribution in [0, 0.1) is 0 Å². The lowest BCUT2D eigenvalue weighted by atomic mass is 10.0. The average molecular weight is 920 g/mol. The van der Waals surface area contributed by atoms with E-state index in [1.807, 2.05) is 0 Å². The fraction of sp³-hybridized carbons (Fsp3) is 0.949. The number of carbonyl (C=O) groups is 3. The molecular formula is C59H114O6. The highest BCUT2D eigenvalue weighted by Gasteiger charge is 2.19. The van der Waals surface area contributed by atoms with E-state index >= 15 is 0 Å². The van der Waals surface area contributed by atoms with Crippen molar-refractivity contribution in [2.24, 2.45) is 0 Å². The maximum atomic E-state index is 12.8. The van der Waals surface area contributed by atoms with Crippen molar-refractivity contribution in [3.8, 4) is 0 Å². The molecule has 65 heavy (non-hydrogen) atoms. The Balaban J connectivity index is 4.16. The van der Waals surface area contributed by atoms with Crippen molar-refractivity contribution in [1.29, 1.82) is 0 Å². The van der Waals surface area contributed by atoms with Crippen LogP contribution in [0.15, 0.2) is 0 Å². The first-order valence-electron chi connectivity index (χ1n) is 29.5. The summed E-state index contributed by atoms with van der Waals surface area (Å²) in [4.78, 5) is 38.1. The highest BCUT2D eigenvalue weighted by Crippen LogP contribution is 2.18. The molecule has 0 bridgehead atoms. The SMILES string of the molecule is CCCCCCCCCCCCCCCCCCCCCCCCCC(=O)OCC(COC(=O)CCCCCCCCCCCCCC)OC(=O)CCCCCCCCCCCCCC. The molecule has 0 aliphatic carbocycles. The zero-order valence-corrected chi connectivity index (χ0v) is 44.3. The predicted octanol–water partition coefficient (Wildman–Crippen LogP) is 19.5. The first-order valence-corrected chi connectivity index (χ1v) is 29.5. The highest BCUT2D eigenvalue weighted by molar-refractivity contribution is 5.71. The first kappa shape index (κ1) is 63.4. The molecule has 0 saturated heterocycles. The van der Waals surface area contributed by atoms with Crippen molar-refractivity contribution >= 4 is 17.9 Å². The van der Waals surface area contributed by atoms with Gasteiger partial charge >= 0.3 is 17.9 Å². The number of rotatable bonds is 55. The molecule has 0 rings (SSSR count). The minimum Gasteiger partial charge on any atom is -0.462 e. The topological polar surface area (TPSA) is 78.9 Å². The fourth-order valence-corrected chi connectivity index (χ4v) is 9.15. The van der Waals surface area contributed by atoms with Crippen molar-refractivity contribution in [2.75, 3.05) is 13.2 Å². The molecule has 0 saturated carbocycles. The van der Waals surface area contributed by atoms with Crippen LogP contribution in [0.2, 0.25) is 0 Å². The fourth-order valence-electron chi connectivity index (χ4n) is 9.15. The molecule has 0 amide bonds. The van der Waals surface area contributed by atoms with Crippen LogP contribution in [0.3, 0.4) is 0 Å². The summed E-state index contributed by atoms with van der Waals surface area (Å²) in [5, 5.41) is 0. The maximum Gasteiger partial charge on any atom is 0.306 e. The van der Waals surface area contributed by atoms with Crippen molar-refractivity contribution in [1.82, 2.24) is 0 Å². The highest BCUT2D eigenvalue weighted by atomic mass is 16.6. The molecule has 0 spiro atoms. The molecule has 6 heteroatoms. The summed E-state index contributed by atoms with van der Waals surface area (Å²) in [5.74, 6) is -0.835. The Kier molecular flexibility index (Phi) is 53.7. The number of ether oxygens (including phenoxy) is 3. The molecule has 0 fully saturated rings. The molecule has 1 unspecified atom stereocenters. The summed E-state index contributed by atoms with van der Waals surface area (Å²) in [7, 11) is 0. The third-order valence-corrected chi connectivity index (χ3v) is 13.6. The van der Waals surface area contributed by atoms with Crippen LogP contribution < -0.4 is 0 Å². The summed E-state index contributed by atoms with van der Waals surface area (Å²) >= 11 is 0. The molecule has 1 atom stereocenters. The van der Waals surface area contributed by atoms with Gasteiger partial charge in [0.1, 0.15) is 13.2 Å². The van der Waals surface area contributed by atoms with Crippen LogP contribution in [0.1, 0.15) is 342 Å². The van der Waals surface area contributed by atoms with E-state index in [1.54, 1.807) is 0 Å². The van der Waals surface area contributed by atoms with Gasteiger partial charge in [0.2, 0.25) is 0 Å². The smallest absolute Gasteiger partial charge is 0.306 e. The van der Waals surface area contributed by atoms with E-state index < -0.39 is 6.10 Å². The normalized spacial score (nSPS) is 11.9. The van der Waals surface area contributed by atoms with Crippen molar-refractivity contribution < 1.29 is 28.6 Å². The number of hydrogen-bond donors (Lipinski definition) is 0. The second-order valence-corrected chi connectivity index (χ2v) is 20.3. The lowest BCUT2D eigenvalue weighted by Gasteiger charge is -2.18. The Hall–Kier alpha value is -1.59. The number of esters is 3. The van der Waals surface area contributed by atoms with E-state index in [1.165, 1.54) is 244 Å². The molecule has 386 valence electrons. The van der Waals surface area contributed by atoms with Gasteiger partial charge in [0.25, 0.3) is 0 Å². The van der Waals surface area contributed by atoms with E-state index in [4.69, 9.17) is 14.2 Å². The van der Waals surface area contributed by atoms with Crippen LogP contribution in [-0.2, 0) is 28.6 Å². The van der Waals surface area contributed by atoms with Gasteiger partial charge in [-0.1, -0.05) is 303 Å². The van der Waals surface area contributed by atoms with Gasteiger partial charge in [-0.2, -0.15) is 0 Å². The molecule has 0 N–H and O–H groups in total. The molecule has 6 nitrogen and oxygen atoms in total. The monoisotopic (exact) mass is 919 g/mol. The second kappa shape index (κ2) is 55.0. The van der Waals surface area contributed by atoms with Gasteiger partial charge in [0.05, 0.1) is 0 Å². The maximum absolute atomic E-state index is 12.8. The van der Waals surface area contributed by atoms with Crippen molar-refractivity contribution in [2.45, 2.75) is 348 Å². The molecule has 0 heterocycles. The number of carbonyl (C=O) groups excluding carboxylic acids is 3. The predicted molar refractivity (Wildman–Crippen MR) is 280 cm³/mol. The third-order valence-electron chi connectivity index (χ3n) is 13.6. The summed E-state index contributed by atoms with van der Waals surface area (Å²) < 4.78 is 16.9. The number of hydrogen-bond acceptors (Lipinski definition) is 6. The summed E-state index contributed by atoms with van der Waals surface area (Å²) in [5.41, 5.74) is 0. The van der Waals surface area contributed by atoms with E-state index in [-0.39, 0.29) is 31.1 Å². The molecule has 0 aromatic rings. The summed E-state index contributed by atoms with van der Waals surface area (Å²) in [6, 6.07) is 0. The Bertz CT molecular complexity index is 967. The van der Waals surface area contributed by atoms with Crippen LogP contribution in [-0.4, -0.2) is 37.2 Å². The van der Waals surface area contributed by atoms with Crippen molar-refractivity contribution in [3.63, 3.8) is 0 Å². The zero-order chi connectivity index (χ0) is 47.2. The standard InChI is InChI=1S/C59H114O6/c1-4-7-10-13-16-19-22-25-26-27-28-29-30-31-32-33-34-35-38-40-43-46-49-52-58(61)64-55-56(65-59(62)53-50-47-44-41-37-24-21-18-15-12-9-6-3)54-63-57(60)51-48-45-42-39-36-23-20-17-14-11-8-5-2/h56H,4-55H2,1-3H3. The molecule has 0 aliphatic rings. The molecule has 0 aliphatic heterocycles. The van der Waals surface area contributed by atoms with Crippen LogP contribution in [0.25, 0.3) is 0 Å². The first-order chi connectivity index (χ1) is 32.0. The third kappa shape index (κ3) is 53.2. The average Bonchev–Trinajstić information content (AvgIpc) is 3.30. The van der Waals surface area contributed by atoms with Crippen LogP contribution >= 0.6 is 0 Å². The largest absolute Gasteiger partial charge is 0.462 e. The molecule has 0 radical (unpaired) electrons. The van der Waals surface area contributed by atoms with Crippen molar-refractivity contribution in [3.05, 3.63) is 0 Å². The second-order valence-electron chi connectivity index (χ2n) is 20.3.